The van der Waals surface area contributed by atoms with Crippen molar-refractivity contribution in [2.75, 3.05) is 39.4 Å². The van der Waals surface area contributed by atoms with Crippen molar-refractivity contribution in [3.8, 4) is 5.75 Å². The van der Waals surface area contributed by atoms with Crippen molar-refractivity contribution in [2.24, 2.45) is 0 Å². The summed E-state index contributed by atoms with van der Waals surface area (Å²) < 4.78 is 11.3. The third-order valence-corrected chi connectivity index (χ3v) is 5.84. The second-order valence-corrected chi connectivity index (χ2v) is 7.62. The van der Waals surface area contributed by atoms with Crippen molar-refractivity contribution in [1.29, 1.82) is 0 Å². The lowest BCUT2D eigenvalue weighted by Gasteiger charge is -2.31. The SMILES string of the molecule is O=C1c2oc3ccccc3c(=O)c2C(c2ccc(O)cc2)N1CCN1CCOCC1. The number of phenolic OH excluding ortho intramolecular Hbond substituents is 1. The van der Waals surface area contributed by atoms with Crippen LogP contribution >= 0.6 is 0 Å². The Morgan fingerprint density at radius 1 is 0.967 bits per heavy atom. The van der Waals surface area contributed by atoms with Gasteiger partial charge in [0.1, 0.15) is 11.3 Å². The Labute approximate surface area is 173 Å². The Morgan fingerprint density at radius 2 is 1.70 bits per heavy atom. The maximum absolute atomic E-state index is 13.4. The first-order chi connectivity index (χ1) is 14.6. The largest absolute Gasteiger partial charge is 0.508 e. The molecule has 30 heavy (non-hydrogen) atoms. The Kier molecular flexibility index (Phi) is 4.77. The molecule has 1 aromatic heterocycles. The van der Waals surface area contributed by atoms with Crippen LogP contribution in [0.25, 0.3) is 11.0 Å². The molecule has 1 amide bonds. The van der Waals surface area contributed by atoms with Crippen LogP contribution in [0.4, 0.5) is 0 Å². The Hall–Kier alpha value is -3.16. The predicted molar refractivity (Wildman–Crippen MR) is 111 cm³/mol. The lowest BCUT2D eigenvalue weighted by atomic mass is 9.98. The fraction of sp³-hybridized carbons (Fsp3) is 0.304. The maximum atomic E-state index is 13.4. The number of amides is 1. The molecule has 3 heterocycles. The highest BCUT2D eigenvalue weighted by Gasteiger charge is 2.42. The number of carbonyl (C=O) groups is 1. The van der Waals surface area contributed by atoms with Gasteiger partial charge in [0.05, 0.1) is 30.2 Å². The van der Waals surface area contributed by atoms with Crippen LogP contribution in [-0.2, 0) is 4.74 Å². The average Bonchev–Trinajstić information content (AvgIpc) is 3.06. The van der Waals surface area contributed by atoms with E-state index in [1.807, 2.05) is 0 Å². The van der Waals surface area contributed by atoms with E-state index >= 15 is 0 Å². The smallest absolute Gasteiger partial charge is 0.290 e. The quantitative estimate of drug-likeness (QED) is 0.716. The summed E-state index contributed by atoms with van der Waals surface area (Å²) >= 11 is 0. The zero-order valence-electron chi connectivity index (χ0n) is 16.4. The summed E-state index contributed by atoms with van der Waals surface area (Å²) in [5.41, 5.74) is 1.36. The monoisotopic (exact) mass is 406 g/mol. The highest BCUT2D eigenvalue weighted by atomic mass is 16.5. The molecule has 7 nitrogen and oxygen atoms in total. The van der Waals surface area contributed by atoms with E-state index in [0.29, 0.717) is 42.8 Å². The molecule has 1 unspecified atom stereocenters. The van der Waals surface area contributed by atoms with Gasteiger partial charge in [-0.25, -0.2) is 0 Å². The van der Waals surface area contributed by atoms with Gasteiger partial charge in [-0.15, -0.1) is 0 Å². The molecule has 0 radical (unpaired) electrons. The van der Waals surface area contributed by atoms with Gasteiger partial charge in [-0.1, -0.05) is 24.3 Å². The number of hydrogen-bond donors (Lipinski definition) is 1. The normalized spacial score (nSPS) is 19.4. The van der Waals surface area contributed by atoms with Crippen LogP contribution < -0.4 is 5.43 Å². The van der Waals surface area contributed by atoms with E-state index in [-0.39, 0.29) is 22.8 Å². The fourth-order valence-electron chi connectivity index (χ4n) is 4.27. The summed E-state index contributed by atoms with van der Waals surface area (Å²) in [4.78, 5) is 30.6. The zero-order valence-corrected chi connectivity index (χ0v) is 16.4. The fourth-order valence-corrected chi connectivity index (χ4v) is 4.27. The molecular formula is C23H22N2O5. The van der Waals surface area contributed by atoms with Gasteiger partial charge in [0.25, 0.3) is 5.91 Å². The second kappa shape index (κ2) is 7.59. The lowest BCUT2D eigenvalue weighted by Crippen LogP contribution is -2.42. The highest BCUT2D eigenvalue weighted by Crippen LogP contribution is 2.38. The number of nitrogens with zero attached hydrogens (tertiary/aromatic N) is 2. The first-order valence-corrected chi connectivity index (χ1v) is 10.1. The number of aromatic hydroxyl groups is 1. The van der Waals surface area contributed by atoms with Crippen LogP contribution in [0.15, 0.2) is 57.7 Å². The van der Waals surface area contributed by atoms with Crippen molar-refractivity contribution in [3.63, 3.8) is 0 Å². The van der Waals surface area contributed by atoms with Crippen LogP contribution in [0.1, 0.15) is 27.7 Å². The summed E-state index contributed by atoms with van der Waals surface area (Å²) in [6.07, 6.45) is 0. The number of carbonyl (C=O) groups excluding carboxylic acids is 1. The molecule has 0 aliphatic carbocycles. The van der Waals surface area contributed by atoms with E-state index in [1.54, 1.807) is 53.4 Å². The van der Waals surface area contributed by atoms with Gasteiger partial charge < -0.3 is 19.2 Å². The number of rotatable bonds is 4. The summed E-state index contributed by atoms with van der Waals surface area (Å²) in [6, 6.07) is 13.1. The summed E-state index contributed by atoms with van der Waals surface area (Å²) in [6.45, 7) is 4.15. The Morgan fingerprint density at radius 3 is 2.47 bits per heavy atom. The lowest BCUT2D eigenvalue weighted by molar-refractivity contribution is 0.0314. The van der Waals surface area contributed by atoms with Crippen molar-refractivity contribution in [2.45, 2.75) is 6.04 Å². The Bertz CT molecular complexity index is 1150. The van der Waals surface area contributed by atoms with E-state index in [4.69, 9.17) is 9.15 Å². The van der Waals surface area contributed by atoms with Gasteiger partial charge in [-0.3, -0.25) is 14.5 Å². The minimum absolute atomic E-state index is 0.110. The molecule has 5 rings (SSSR count). The molecule has 0 saturated carbocycles. The number of phenols is 1. The molecule has 1 saturated heterocycles. The van der Waals surface area contributed by atoms with E-state index in [9.17, 15) is 14.7 Å². The first kappa shape index (κ1) is 18.8. The number of morpholine rings is 1. The Balaban J connectivity index is 1.59. The number of hydrogen-bond acceptors (Lipinski definition) is 6. The van der Waals surface area contributed by atoms with Gasteiger partial charge >= 0.3 is 0 Å². The van der Waals surface area contributed by atoms with Gasteiger partial charge in [0, 0.05) is 26.2 Å². The van der Waals surface area contributed by atoms with Crippen LogP contribution in [0.2, 0.25) is 0 Å². The number of ether oxygens (including phenoxy) is 1. The molecule has 3 aromatic rings. The minimum atomic E-state index is -0.546. The van der Waals surface area contributed by atoms with Crippen molar-refractivity contribution in [1.82, 2.24) is 9.80 Å². The standard InChI is InChI=1S/C23H22N2O5/c26-16-7-5-15(6-8-16)20-19-21(27)17-3-1-2-4-18(17)30-22(19)23(28)25(20)10-9-24-11-13-29-14-12-24/h1-8,20,26H,9-14H2. The maximum Gasteiger partial charge on any atom is 0.290 e. The van der Waals surface area contributed by atoms with Crippen LogP contribution in [0.3, 0.4) is 0 Å². The minimum Gasteiger partial charge on any atom is -0.508 e. The third-order valence-electron chi connectivity index (χ3n) is 5.84. The van der Waals surface area contributed by atoms with Gasteiger partial charge in [0.15, 0.2) is 5.43 Å². The molecule has 7 heteroatoms. The molecule has 2 aliphatic rings. The first-order valence-electron chi connectivity index (χ1n) is 10.1. The molecule has 2 aliphatic heterocycles. The molecule has 1 N–H and O–H groups in total. The predicted octanol–water partition coefficient (Wildman–Crippen LogP) is 2.38. The number of para-hydroxylation sites is 1. The molecule has 0 spiro atoms. The van der Waals surface area contributed by atoms with Gasteiger partial charge in [0.2, 0.25) is 5.76 Å². The van der Waals surface area contributed by atoms with Crippen LogP contribution in [-0.4, -0.2) is 60.2 Å². The van der Waals surface area contributed by atoms with E-state index < -0.39 is 6.04 Å². The molecule has 1 fully saturated rings. The van der Waals surface area contributed by atoms with Gasteiger partial charge in [-0.2, -0.15) is 0 Å². The van der Waals surface area contributed by atoms with E-state index in [1.165, 1.54) is 0 Å². The topological polar surface area (TPSA) is 83.2 Å². The summed E-state index contributed by atoms with van der Waals surface area (Å²) in [7, 11) is 0. The van der Waals surface area contributed by atoms with Crippen molar-refractivity contribution in [3.05, 3.63) is 75.6 Å². The molecule has 0 bridgehead atoms. The highest BCUT2D eigenvalue weighted by molar-refractivity contribution is 5.99. The number of fused-ring (bicyclic) bond motifs is 2. The van der Waals surface area contributed by atoms with Gasteiger partial charge in [-0.05, 0) is 29.8 Å². The van der Waals surface area contributed by atoms with E-state index in [2.05, 4.69) is 4.90 Å². The third kappa shape index (κ3) is 3.16. The van der Waals surface area contributed by atoms with E-state index in [0.717, 1.165) is 18.7 Å². The average molecular weight is 406 g/mol. The van der Waals surface area contributed by atoms with Crippen molar-refractivity contribution < 1.29 is 19.1 Å². The molecule has 154 valence electrons. The zero-order chi connectivity index (χ0) is 20.7. The van der Waals surface area contributed by atoms with Crippen LogP contribution in [0, 0.1) is 0 Å². The van der Waals surface area contributed by atoms with Crippen LogP contribution in [0.5, 0.6) is 5.75 Å². The molecular weight excluding hydrogens is 384 g/mol. The summed E-state index contributed by atoms with van der Waals surface area (Å²) in [5, 5.41) is 10.2. The molecule has 2 aromatic carbocycles. The summed E-state index contributed by atoms with van der Waals surface area (Å²) in [5.74, 6) is -0.0355. The molecule has 1 atom stereocenters. The van der Waals surface area contributed by atoms with Crippen molar-refractivity contribution >= 4 is 16.9 Å². The number of benzene rings is 2. The second-order valence-electron chi connectivity index (χ2n) is 7.62.